The number of carbonyl (C=O) groups excluding carboxylic acids is 1. The molecule has 0 saturated carbocycles. The van der Waals surface area contributed by atoms with Gasteiger partial charge in [-0.25, -0.2) is 10.2 Å². The largest absolute Gasteiger partial charge is 0.497 e. The molecule has 0 radical (unpaired) electrons. The summed E-state index contributed by atoms with van der Waals surface area (Å²) in [5.74, 6) is 0.374. The first-order valence-corrected chi connectivity index (χ1v) is 10.1. The van der Waals surface area contributed by atoms with Crippen LogP contribution >= 0.6 is 0 Å². The molecule has 3 aromatic rings. The van der Waals surface area contributed by atoms with E-state index in [1.807, 2.05) is 18.2 Å². The Balaban J connectivity index is 1.66. The van der Waals surface area contributed by atoms with Crippen molar-refractivity contribution in [3.8, 4) is 17.2 Å². The number of hydrazone groups is 1. The Kier molecular flexibility index (Phi) is 8.02. The monoisotopic (exact) mass is 448 g/mol. The SMILES string of the molecule is COc1cccc(CC(=O)N/N=C/c2cccc(OC)c2OCc2ccc(C(=O)O)cc2)c1. The fourth-order valence-corrected chi connectivity index (χ4v) is 3.03. The molecule has 0 spiro atoms. The van der Waals surface area contributed by atoms with Gasteiger partial charge in [0.2, 0.25) is 5.91 Å². The van der Waals surface area contributed by atoms with Gasteiger partial charge in [0, 0.05) is 5.56 Å². The highest BCUT2D eigenvalue weighted by Gasteiger charge is 2.11. The fraction of sp³-hybridized carbons (Fsp3) is 0.160. The smallest absolute Gasteiger partial charge is 0.335 e. The zero-order valence-electron chi connectivity index (χ0n) is 18.3. The maximum absolute atomic E-state index is 12.2. The number of aromatic carboxylic acids is 1. The van der Waals surface area contributed by atoms with Gasteiger partial charge < -0.3 is 19.3 Å². The first-order chi connectivity index (χ1) is 16.0. The summed E-state index contributed by atoms with van der Waals surface area (Å²) in [6.07, 6.45) is 1.64. The van der Waals surface area contributed by atoms with Crippen molar-refractivity contribution >= 4 is 18.1 Å². The van der Waals surface area contributed by atoms with Crippen molar-refractivity contribution in [2.75, 3.05) is 14.2 Å². The normalized spacial score (nSPS) is 10.6. The van der Waals surface area contributed by atoms with E-state index in [9.17, 15) is 9.59 Å². The molecule has 2 N–H and O–H groups in total. The zero-order chi connectivity index (χ0) is 23.6. The van der Waals surface area contributed by atoms with Crippen LogP contribution in [0.3, 0.4) is 0 Å². The quantitative estimate of drug-likeness (QED) is 0.362. The summed E-state index contributed by atoms with van der Waals surface area (Å²) in [5, 5.41) is 13.1. The summed E-state index contributed by atoms with van der Waals surface area (Å²) in [7, 11) is 3.10. The molecule has 8 nitrogen and oxygen atoms in total. The molecule has 1 amide bonds. The highest BCUT2D eigenvalue weighted by atomic mass is 16.5. The van der Waals surface area contributed by atoms with Crippen molar-refractivity contribution in [3.63, 3.8) is 0 Å². The van der Waals surface area contributed by atoms with Gasteiger partial charge in [-0.3, -0.25) is 4.79 Å². The molecule has 0 aliphatic carbocycles. The summed E-state index contributed by atoms with van der Waals surface area (Å²) in [4.78, 5) is 23.2. The van der Waals surface area contributed by atoms with Crippen LogP contribution in [0.15, 0.2) is 71.8 Å². The number of rotatable bonds is 10. The highest BCUT2D eigenvalue weighted by molar-refractivity contribution is 5.88. The van der Waals surface area contributed by atoms with E-state index in [2.05, 4.69) is 10.5 Å². The second kappa shape index (κ2) is 11.3. The summed E-state index contributed by atoms with van der Waals surface area (Å²) >= 11 is 0. The Morgan fingerprint density at radius 1 is 0.970 bits per heavy atom. The Morgan fingerprint density at radius 2 is 1.73 bits per heavy atom. The van der Waals surface area contributed by atoms with E-state index in [0.717, 1.165) is 11.1 Å². The fourth-order valence-electron chi connectivity index (χ4n) is 3.03. The van der Waals surface area contributed by atoms with Crippen LogP contribution in [0.5, 0.6) is 17.2 Å². The molecule has 0 atom stereocenters. The minimum absolute atomic E-state index is 0.155. The number of carbonyl (C=O) groups is 2. The van der Waals surface area contributed by atoms with Crippen molar-refractivity contribution in [2.45, 2.75) is 13.0 Å². The third kappa shape index (κ3) is 6.57. The van der Waals surface area contributed by atoms with Crippen molar-refractivity contribution < 1.29 is 28.9 Å². The van der Waals surface area contributed by atoms with E-state index in [-0.39, 0.29) is 24.5 Å². The third-order valence-electron chi connectivity index (χ3n) is 4.71. The predicted molar refractivity (Wildman–Crippen MR) is 123 cm³/mol. The molecular weight excluding hydrogens is 424 g/mol. The molecule has 8 heteroatoms. The third-order valence-corrected chi connectivity index (χ3v) is 4.71. The molecule has 3 rings (SSSR count). The van der Waals surface area contributed by atoms with Gasteiger partial charge in [0.05, 0.1) is 32.4 Å². The van der Waals surface area contributed by atoms with Crippen molar-refractivity contribution in [1.82, 2.24) is 5.43 Å². The first kappa shape index (κ1) is 23.3. The van der Waals surface area contributed by atoms with E-state index in [1.54, 1.807) is 43.5 Å². The number of hydrogen-bond acceptors (Lipinski definition) is 6. The first-order valence-electron chi connectivity index (χ1n) is 10.1. The molecule has 0 aliphatic rings. The van der Waals surface area contributed by atoms with Gasteiger partial charge in [-0.2, -0.15) is 5.10 Å². The number of amides is 1. The second-order valence-electron chi connectivity index (χ2n) is 6.99. The van der Waals surface area contributed by atoms with E-state index in [0.29, 0.717) is 22.8 Å². The summed E-state index contributed by atoms with van der Waals surface area (Å²) in [6.45, 7) is 0.198. The van der Waals surface area contributed by atoms with E-state index in [4.69, 9.17) is 19.3 Å². The van der Waals surface area contributed by atoms with Crippen LogP contribution in [0.25, 0.3) is 0 Å². The lowest BCUT2D eigenvalue weighted by atomic mass is 10.1. The van der Waals surface area contributed by atoms with Crippen LogP contribution < -0.4 is 19.6 Å². The van der Waals surface area contributed by atoms with Gasteiger partial charge in [0.25, 0.3) is 0 Å². The van der Waals surface area contributed by atoms with Crippen LogP contribution in [0, 0.1) is 0 Å². The molecule has 170 valence electrons. The number of carboxylic acids is 1. The number of methoxy groups -OCH3 is 2. The van der Waals surface area contributed by atoms with Gasteiger partial charge in [0.1, 0.15) is 12.4 Å². The van der Waals surface area contributed by atoms with Crippen LogP contribution in [0.2, 0.25) is 0 Å². The molecule has 0 aromatic heterocycles. The molecule has 0 bridgehead atoms. The Hall–Kier alpha value is -4.33. The molecule has 0 fully saturated rings. The maximum atomic E-state index is 12.2. The molecule has 0 unspecified atom stereocenters. The Bertz CT molecular complexity index is 1140. The zero-order valence-corrected chi connectivity index (χ0v) is 18.3. The Labute approximate surface area is 191 Å². The molecular formula is C25H24N2O6. The molecule has 0 saturated heterocycles. The topological polar surface area (TPSA) is 106 Å². The molecule has 33 heavy (non-hydrogen) atoms. The lowest BCUT2D eigenvalue weighted by Gasteiger charge is -2.13. The minimum Gasteiger partial charge on any atom is -0.497 e. The number of hydrogen-bond donors (Lipinski definition) is 2. The molecule has 0 aliphatic heterocycles. The van der Waals surface area contributed by atoms with E-state index >= 15 is 0 Å². The number of carboxylic acid groups (broad SMARTS) is 1. The number of benzene rings is 3. The van der Waals surface area contributed by atoms with Crippen molar-refractivity contribution in [2.24, 2.45) is 5.10 Å². The lowest BCUT2D eigenvalue weighted by Crippen LogP contribution is -2.19. The summed E-state index contributed by atoms with van der Waals surface area (Å²) in [6, 6.07) is 19.0. The summed E-state index contributed by atoms with van der Waals surface area (Å²) in [5.41, 5.74) is 4.92. The standard InChI is InChI=1S/C25H24N2O6/c1-31-21-7-3-5-18(13-21)14-23(28)27-26-15-20-6-4-8-22(32-2)24(20)33-16-17-9-11-19(12-10-17)25(29)30/h3-13,15H,14,16H2,1-2H3,(H,27,28)(H,29,30)/b26-15+. The number of ether oxygens (including phenoxy) is 3. The van der Waals surface area contributed by atoms with E-state index < -0.39 is 5.97 Å². The molecule has 3 aromatic carbocycles. The summed E-state index contributed by atoms with van der Waals surface area (Å²) < 4.78 is 16.5. The molecule has 0 heterocycles. The lowest BCUT2D eigenvalue weighted by molar-refractivity contribution is -0.120. The average Bonchev–Trinajstić information content (AvgIpc) is 2.83. The van der Waals surface area contributed by atoms with E-state index in [1.165, 1.54) is 25.5 Å². The predicted octanol–water partition coefficient (Wildman–Crippen LogP) is 3.67. The van der Waals surface area contributed by atoms with Crippen LogP contribution in [0.1, 0.15) is 27.0 Å². The second-order valence-corrected chi connectivity index (χ2v) is 6.99. The van der Waals surface area contributed by atoms with Crippen molar-refractivity contribution in [1.29, 1.82) is 0 Å². The maximum Gasteiger partial charge on any atom is 0.335 e. The average molecular weight is 448 g/mol. The van der Waals surface area contributed by atoms with Gasteiger partial charge in [0.15, 0.2) is 11.5 Å². The highest BCUT2D eigenvalue weighted by Crippen LogP contribution is 2.30. The van der Waals surface area contributed by atoms with Gasteiger partial charge >= 0.3 is 5.97 Å². The minimum atomic E-state index is -0.987. The number of nitrogens with one attached hydrogen (secondary N) is 1. The number of para-hydroxylation sites is 1. The van der Waals surface area contributed by atoms with Crippen LogP contribution in [-0.4, -0.2) is 37.4 Å². The van der Waals surface area contributed by atoms with Crippen molar-refractivity contribution in [3.05, 3.63) is 89.0 Å². The van der Waals surface area contributed by atoms with Crippen LogP contribution in [-0.2, 0) is 17.8 Å². The van der Waals surface area contributed by atoms with Crippen LogP contribution in [0.4, 0.5) is 0 Å². The van der Waals surface area contributed by atoms with Gasteiger partial charge in [-0.15, -0.1) is 0 Å². The Morgan fingerprint density at radius 3 is 2.42 bits per heavy atom. The van der Waals surface area contributed by atoms with Gasteiger partial charge in [-0.05, 0) is 47.5 Å². The number of nitrogens with zero attached hydrogens (tertiary/aromatic N) is 1. The van der Waals surface area contributed by atoms with Gasteiger partial charge in [-0.1, -0.05) is 30.3 Å².